The molecule has 0 spiro atoms. The first kappa shape index (κ1) is 7.92. The SMILES string of the molecule is CSC1=NOC(C)(C)CC1. The zero-order chi connectivity index (χ0) is 7.61. The van der Waals surface area contributed by atoms with Crippen LogP contribution in [0.15, 0.2) is 5.16 Å². The average Bonchev–Trinajstić information content (AvgIpc) is 1.88. The second-order valence-corrected chi connectivity index (χ2v) is 3.92. The lowest BCUT2D eigenvalue weighted by atomic mass is 10.0. The minimum atomic E-state index is -0.0424. The number of nitrogens with zero attached hydrogens (tertiary/aromatic N) is 1. The Labute approximate surface area is 66.0 Å². The summed E-state index contributed by atoms with van der Waals surface area (Å²) in [4.78, 5) is 5.24. The van der Waals surface area contributed by atoms with Gasteiger partial charge in [-0.15, -0.1) is 11.8 Å². The molecule has 10 heavy (non-hydrogen) atoms. The van der Waals surface area contributed by atoms with Crippen molar-refractivity contribution in [2.45, 2.75) is 32.3 Å². The van der Waals surface area contributed by atoms with E-state index in [0.717, 1.165) is 17.9 Å². The van der Waals surface area contributed by atoms with E-state index in [9.17, 15) is 0 Å². The van der Waals surface area contributed by atoms with Gasteiger partial charge >= 0.3 is 0 Å². The van der Waals surface area contributed by atoms with Gasteiger partial charge in [-0.05, 0) is 26.5 Å². The van der Waals surface area contributed by atoms with E-state index < -0.39 is 0 Å². The minimum absolute atomic E-state index is 0.0424. The molecule has 0 aromatic carbocycles. The summed E-state index contributed by atoms with van der Waals surface area (Å²) in [5.41, 5.74) is -0.0424. The quantitative estimate of drug-likeness (QED) is 0.540. The van der Waals surface area contributed by atoms with Crippen molar-refractivity contribution in [1.29, 1.82) is 0 Å². The second-order valence-electron chi connectivity index (χ2n) is 3.04. The maximum Gasteiger partial charge on any atom is 0.132 e. The van der Waals surface area contributed by atoms with Crippen molar-refractivity contribution in [3.8, 4) is 0 Å². The van der Waals surface area contributed by atoms with E-state index in [1.54, 1.807) is 11.8 Å². The van der Waals surface area contributed by atoms with E-state index in [2.05, 4.69) is 19.0 Å². The molecule has 0 radical (unpaired) electrons. The summed E-state index contributed by atoms with van der Waals surface area (Å²) in [5.74, 6) is 0. The molecule has 58 valence electrons. The van der Waals surface area contributed by atoms with Crippen molar-refractivity contribution in [1.82, 2.24) is 0 Å². The molecule has 1 aliphatic rings. The van der Waals surface area contributed by atoms with Crippen molar-refractivity contribution < 1.29 is 4.84 Å². The van der Waals surface area contributed by atoms with Crippen LogP contribution in [0.3, 0.4) is 0 Å². The van der Waals surface area contributed by atoms with Gasteiger partial charge in [0.25, 0.3) is 0 Å². The third-order valence-electron chi connectivity index (χ3n) is 1.57. The number of thioether (sulfide) groups is 1. The lowest BCUT2D eigenvalue weighted by Crippen LogP contribution is -2.26. The van der Waals surface area contributed by atoms with Gasteiger partial charge in [0, 0.05) is 6.42 Å². The highest BCUT2D eigenvalue weighted by molar-refractivity contribution is 8.13. The maximum atomic E-state index is 5.24. The van der Waals surface area contributed by atoms with Gasteiger partial charge in [-0.2, -0.15) is 0 Å². The predicted octanol–water partition coefficient (Wildman–Crippen LogP) is 2.25. The smallest absolute Gasteiger partial charge is 0.132 e. The fraction of sp³-hybridized carbons (Fsp3) is 0.857. The molecule has 1 heterocycles. The first-order valence-electron chi connectivity index (χ1n) is 3.43. The molecule has 0 aromatic heterocycles. The van der Waals surface area contributed by atoms with Gasteiger partial charge in [0.05, 0.1) is 0 Å². The summed E-state index contributed by atoms with van der Waals surface area (Å²) in [5, 5.41) is 5.09. The molecule has 3 heteroatoms. The Kier molecular flexibility index (Phi) is 2.24. The van der Waals surface area contributed by atoms with E-state index in [0.29, 0.717) is 0 Å². The molecule has 0 bridgehead atoms. The Hall–Kier alpha value is -0.180. The van der Waals surface area contributed by atoms with Crippen LogP contribution in [0.5, 0.6) is 0 Å². The highest BCUT2D eigenvalue weighted by atomic mass is 32.2. The Morgan fingerprint density at radius 3 is 2.70 bits per heavy atom. The van der Waals surface area contributed by atoms with E-state index >= 15 is 0 Å². The van der Waals surface area contributed by atoms with E-state index in [1.807, 2.05) is 6.26 Å². The largest absolute Gasteiger partial charge is 0.389 e. The van der Waals surface area contributed by atoms with Gasteiger partial charge in [0.2, 0.25) is 0 Å². The average molecular weight is 159 g/mol. The molecule has 0 saturated heterocycles. The van der Waals surface area contributed by atoms with Crippen LogP contribution in [0.1, 0.15) is 26.7 Å². The molecule has 0 unspecified atom stereocenters. The maximum absolute atomic E-state index is 5.24. The minimum Gasteiger partial charge on any atom is -0.389 e. The zero-order valence-electron chi connectivity index (χ0n) is 6.68. The van der Waals surface area contributed by atoms with Crippen LogP contribution in [0, 0.1) is 0 Å². The van der Waals surface area contributed by atoms with Crippen LogP contribution >= 0.6 is 11.8 Å². The second kappa shape index (κ2) is 2.82. The number of hydrogen-bond donors (Lipinski definition) is 0. The zero-order valence-corrected chi connectivity index (χ0v) is 7.49. The van der Waals surface area contributed by atoms with Gasteiger partial charge in [-0.3, -0.25) is 0 Å². The van der Waals surface area contributed by atoms with Gasteiger partial charge < -0.3 is 4.84 Å². The molecular formula is C7H13NOS. The molecule has 1 rings (SSSR count). The summed E-state index contributed by atoms with van der Waals surface area (Å²) in [6.07, 6.45) is 4.17. The molecule has 1 aliphatic heterocycles. The van der Waals surface area contributed by atoms with E-state index in [1.165, 1.54) is 0 Å². The number of oxime groups is 1. The molecule has 2 nitrogen and oxygen atoms in total. The number of hydrogen-bond acceptors (Lipinski definition) is 3. The standard InChI is InChI=1S/C7H13NOS/c1-7(2)5-4-6(10-3)8-9-7/h4-5H2,1-3H3. The van der Waals surface area contributed by atoms with Crippen LogP contribution in [0.25, 0.3) is 0 Å². The predicted molar refractivity (Wildman–Crippen MR) is 45.3 cm³/mol. The Balaban J connectivity index is 2.52. The van der Waals surface area contributed by atoms with Gasteiger partial charge in [0.1, 0.15) is 10.6 Å². The van der Waals surface area contributed by atoms with Crippen molar-refractivity contribution in [2.75, 3.05) is 6.26 Å². The van der Waals surface area contributed by atoms with Crippen molar-refractivity contribution in [2.24, 2.45) is 5.16 Å². The van der Waals surface area contributed by atoms with Crippen LogP contribution in [-0.2, 0) is 4.84 Å². The van der Waals surface area contributed by atoms with Crippen LogP contribution < -0.4 is 0 Å². The third-order valence-corrected chi connectivity index (χ3v) is 2.32. The molecule has 0 atom stereocenters. The van der Waals surface area contributed by atoms with Crippen molar-refractivity contribution >= 4 is 16.8 Å². The van der Waals surface area contributed by atoms with Crippen LogP contribution in [0.4, 0.5) is 0 Å². The van der Waals surface area contributed by atoms with Gasteiger partial charge in [-0.25, -0.2) is 0 Å². The summed E-state index contributed by atoms with van der Waals surface area (Å²) < 4.78 is 0. The first-order valence-corrected chi connectivity index (χ1v) is 4.65. The highest BCUT2D eigenvalue weighted by Crippen LogP contribution is 2.24. The monoisotopic (exact) mass is 159 g/mol. The lowest BCUT2D eigenvalue weighted by molar-refractivity contribution is -0.0273. The lowest BCUT2D eigenvalue weighted by Gasteiger charge is -2.26. The Bertz CT molecular complexity index is 154. The summed E-state index contributed by atoms with van der Waals surface area (Å²) in [6.45, 7) is 4.13. The number of rotatable bonds is 0. The fourth-order valence-corrected chi connectivity index (χ4v) is 1.23. The third kappa shape index (κ3) is 1.90. The highest BCUT2D eigenvalue weighted by Gasteiger charge is 2.24. The van der Waals surface area contributed by atoms with Crippen molar-refractivity contribution in [3.63, 3.8) is 0 Å². The molecule has 0 amide bonds. The van der Waals surface area contributed by atoms with Crippen molar-refractivity contribution in [3.05, 3.63) is 0 Å². The van der Waals surface area contributed by atoms with Crippen LogP contribution in [0.2, 0.25) is 0 Å². The Morgan fingerprint density at radius 2 is 2.30 bits per heavy atom. The molecule has 0 N–H and O–H groups in total. The molecular weight excluding hydrogens is 146 g/mol. The fourth-order valence-electron chi connectivity index (χ4n) is 0.813. The molecule has 0 aliphatic carbocycles. The summed E-state index contributed by atoms with van der Waals surface area (Å²) in [6, 6.07) is 0. The summed E-state index contributed by atoms with van der Waals surface area (Å²) in [7, 11) is 0. The first-order chi connectivity index (χ1) is 4.64. The molecule has 0 aromatic rings. The van der Waals surface area contributed by atoms with E-state index in [4.69, 9.17) is 4.84 Å². The summed E-state index contributed by atoms with van der Waals surface area (Å²) >= 11 is 1.67. The van der Waals surface area contributed by atoms with Gasteiger partial charge in [0.15, 0.2) is 0 Å². The molecule has 0 saturated carbocycles. The normalized spacial score (nSPS) is 23.3. The van der Waals surface area contributed by atoms with Crippen LogP contribution in [-0.4, -0.2) is 16.9 Å². The Morgan fingerprint density at radius 1 is 1.60 bits per heavy atom. The topological polar surface area (TPSA) is 21.6 Å². The molecule has 0 fully saturated rings. The van der Waals surface area contributed by atoms with Gasteiger partial charge in [-0.1, -0.05) is 5.16 Å². The van der Waals surface area contributed by atoms with E-state index in [-0.39, 0.29) is 5.60 Å².